The number of aromatic amines is 1. The van der Waals surface area contributed by atoms with E-state index in [0.717, 1.165) is 11.3 Å². The molecule has 1 amide bonds. The maximum Gasteiger partial charge on any atom is 0.260 e. The van der Waals surface area contributed by atoms with Crippen LogP contribution in [-0.4, -0.2) is 36.4 Å². The van der Waals surface area contributed by atoms with Gasteiger partial charge in [0, 0.05) is 12.2 Å². The second kappa shape index (κ2) is 7.04. The molecule has 0 fully saturated rings. The van der Waals surface area contributed by atoms with Crippen molar-refractivity contribution in [3.8, 4) is 0 Å². The average Bonchev–Trinajstić information content (AvgIpc) is 2.48. The molecule has 0 saturated heterocycles. The Hall–Kier alpha value is -2.40. The van der Waals surface area contributed by atoms with E-state index in [9.17, 15) is 9.59 Å². The summed E-state index contributed by atoms with van der Waals surface area (Å²) in [5.41, 5.74) is 1.62. The number of pyridine rings is 1. The smallest absolute Gasteiger partial charge is 0.260 e. The third kappa shape index (κ3) is 3.83. The van der Waals surface area contributed by atoms with Crippen molar-refractivity contribution >= 4 is 5.91 Å². The van der Waals surface area contributed by atoms with Crippen LogP contribution in [0.1, 0.15) is 27.7 Å². The number of benzene rings is 1. The highest BCUT2D eigenvalue weighted by atomic mass is 16.2. The van der Waals surface area contributed by atoms with Gasteiger partial charge in [0.15, 0.2) is 0 Å². The highest BCUT2D eigenvalue weighted by Gasteiger charge is 2.16. The summed E-state index contributed by atoms with van der Waals surface area (Å²) in [5.74, 6) is -0.357. The number of carbonyl (C=O) groups excluding carboxylic acids is 1. The van der Waals surface area contributed by atoms with Crippen molar-refractivity contribution in [2.45, 2.75) is 13.0 Å². The molecular weight excluding hydrogens is 278 g/mol. The Balaban J connectivity index is 2.10. The van der Waals surface area contributed by atoms with Crippen LogP contribution in [0.25, 0.3) is 0 Å². The molecular formula is C17H21N3O2. The first-order valence-corrected chi connectivity index (χ1v) is 7.18. The maximum absolute atomic E-state index is 12.2. The molecule has 0 radical (unpaired) electrons. The summed E-state index contributed by atoms with van der Waals surface area (Å²) >= 11 is 0. The highest BCUT2D eigenvalue weighted by molar-refractivity contribution is 5.93. The van der Waals surface area contributed by atoms with E-state index in [0.29, 0.717) is 6.54 Å². The van der Waals surface area contributed by atoms with Gasteiger partial charge in [0.25, 0.3) is 11.5 Å². The number of carbonyl (C=O) groups is 1. The fourth-order valence-electron chi connectivity index (χ4n) is 2.31. The molecule has 22 heavy (non-hydrogen) atoms. The zero-order valence-electron chi connectivity index (χ0n) is 13.1. The Morgan fingerprint density at radius 2 is 1.86 bits per heavy atom. The molecule has 0 aliphatic heterocycles. The predicted molar refractivity (Wildman–Crippen MR) is 87.0 cm³/mol. The summed E-state index contributed by atoms with van der Waals surface area (Å²) in [6.07, 6.45) is 0. The molecule has 2 aromatic rings. The van der Waals surface area contributed by atoms with Crippen molar-refractivity contribution in [3.63, 3.8) is 0 Å². The second-order valence-electron chi connectivity index (χ2n) is 5.48. The molecule has 5 heteroatoms. The average molecular weight is 299 g/mol. The molecule has 0 aliphatic carbocycles. The topological polar surface area (TPSA) is 65.2 Å². The summed E-state index contributed by atoms with van der Waals surface area (Å²) in [7, 11) is 3.92. The van der Waals surface area contributed by atoms with Crippen LogP contribution in [0.5, 0.6) is 0 Å². The van der Waals surface area contributed by atoms with Crippen LogP contribution in [0.15, 0.2) is 47.3 Å². The predicted octanol–water partition coefficient (Wildman–Crippen LogP) is 1.72. The minimum Gasteiger partial charge on any atom is -0.350 e. The molecule has 0 unspecified atom stereocenters. The van der Waals surface area contributed by atoms with Gasteiger partial charge in [-0.05, 0) is 38.7 Å². The zero-order chi connectivity index (χ0) is 16.1. The number of likely N-dealkylation sites (N-methyl/N-ethyl adjacent to an activating group) is 1. The molecule has 0 bridgehead atoms. The summed E-state index contributed by atoms with van der Waals surface area (Å²) in [6.45, 7) is 2.21. The third-order valence-electron chi connectivity index (χ3n) is 3.56. The lowest BCUT2D eigenvalue weighted by Crippen LogP contribution is -2.36. The Morgan fingerprint density at radius 1 is 1.18 bits per heavy atom. The van der Waals surface area contributed by atoms with Gasteiger partial charge in [-0.2, -0.15) is 0 Å². The number of hydrogen-bond acceptors (Lipinski definition) is 3. The van der Waals surface area contributed by atoms with Crippen LogP contribution in [-0.2, 0) is 0 Å². The third-order valence-corrected chi connectivity index (χ3v) is 3.56. The van der Waals surface area contributed by atoms with Crippen LogP contribution >= 0.6 is 0 Å². The van der Waals surface area contributed by atoms with Gasteiger partial charge in [0.2, 0.25) is 0 Å². The number of H-pyrrole nitrogens is 1. The monoisotopic (exact) mass is 299 g/mol. The Labute approximate surface area is 130 Å². The minimum atomic E-state index is -0.362. The van der Waals surface area contributed by atoms with Gasteiger partial charge in [0.1, 0.15) is 5.56 Å². The number of aryl methyl sites for hydroxylation is 1. The highest BCUT2D eigenvalue weighted by Crippen LogP contribution is 2.16. The molecule has 116 valence electrons. The van der Waals surface area contributed by atoms with E-state index in [1.54, 1.807) is 19.1 Å². The molecule has 2 N–H and O–H groups in total. The SMILES string of the molecule is Cc1ccc(C(=O)NC[C@H](c2ccccc2)N(C)C)c(=O)[nH]1. The van der Waals surface area contributed by atoms with Crippen molar-refractivity contribution in [1.82, 2.24) is 15.2 Å². The Bertz CT molecular complexity index is 693. The molecule has 1 aromatic heterocycles. The molecule has 1 heterocycles. The number of amides is 1. The van der Waals surface area contributed by atoms with E-state index in [1.807, 2.05) is 49.3 Å². The van der Waals surface area contributed by atoms with Crippen LogP contribution < -0.4 is 10.9 Å². The van der Waals surface area contributed by atoms with E-state index in [2.05, 4.69) is 10.3 Å². The van der Waals surface area contributed by atoms with Gasteiger partial charge in [0.05, 0.1) is 6.04 Å². The molecule has 1 atom stereocenters. The first-order valence-electron chi connectivity index (χ1n) is 7.18. The van der Waals surface area contributed by atoms with Crippen molar-refractivity contribution in [3.05, 3.63) is 69.6 Å². The quantitative estimate of drug-likeness (QED) is 0.883. The largest absolute Gasteiger partial charge is 0.350 e. The standard InChI is InChI=1S/C17H21N3O2/c1-12-9-10-14(17(22)19-12)16(21)18-11-15(20(2)3)13-7-5-4-6-8-13/h4-10,15H,11H2,1-3H3,(H,18,21)(H,19,22)/t15-/m1/s1. The van der Waals surface area contributed by atoms with Crippen LogP contribution in [0, 0.1) is 6.92 Å². The lowest BCUT2D eigenvalue weighted by Gasteiger charge is -2.25. The second-order valence-corrected chi connectivity index (χ2v) is 5.48. The summed E-state index contributed by atoms with van der Waals surface area (Å²) in [4.78, 5) is 28.7. The number of hydrogen-bond donors (Lipinski definition) is 2. The first-order chi connectivity index (χ1) is 10.5. The van der Waals surface area contributed by atoms with Crippen molar-refractivity contribution in [2.24, 2.45) is 0 Å². The van der Waals surface area contributed by atoms with Crippen LogP contribution in [0.3, 0.4) is 0 Å². The van der Waals surface area contributed by atoms with Gasteiger partial charge < -0.3 is 15.2 Å². The van der Waals surface area contributed by atoms with E-state index < -0.39 is 0 Å². The lowest BCUT2D eigenvalue weighted by molar-refractivity contribution is 0.0940. The fourth-order valence-corrected chi connectivity index (χ4v) is 2.31. The van der Waals surface area contributed by atoms with Crippen LogP contribution in [0.4, 0.5) is 0 Å². The Morgan fingerprint density at radius 3 is 2.45 bits per heavy atom. The number of rotatable bonds is 5. The van der Waals surface area contributed by atoms with E-state index in [1.165, 1.54) is 0 Å². The Kier molecular flexibility index (Phi) is 5.12. The van der Waals surface area contributed by atoms with Gasteiger partial charge in [-0.25, -0.2) is 0 Å². The molecule has 5 nitrogen and oxygen atoms in total. The summed E-state index contributed by atoms with van der Waals surface area (Å²) in [5, 5.41) is 2.84. The molecule has 0 spiro atoms. The normalized spacial score (nSPS) is 12.2. The van der Waals surface area contributed by atoms with Gasteiger partial charge in [-0.1, -0.05) is 30.3 Å². The first kappa shape index (κ1) is 16.0. The zero-order valence-corrected chi connectivity index (χ0v) is 13.1. The van der Waals surface area contributed by atoms with Gasteiger partial charge in [-0.15, -0.1) is 0 Å². The molecule has 0 aliphatic rings. The number of nitrogens with one attached hydrogen (secondary N) is 2. The minimum absolute atomic E-state index is 0.0506. The van der Waals surface area contributed by atoms with Crippen LogP contribution in [0.2, 0.25) is 0 Å². The van der Waals surface area contributed by atoms with Crippen molar-refractivity contribution < 1.29 is 4.79 Å². The van der Waals surface area contributed by atoms with Gasteiger partial charge in [-0.3, -0.25) is 9.59 Å². The van der Waals surface area contributed by atoms with Crippen molar-refractivity contribution in [2.75, 3.05) is 20.6 Å². The lowest BCUT2D eigenvalue weighted by atomic mass is 10.1. The van der Waals surface area contributed by atoms with Crippen molar-refractivity contribution in [1.29, 1.82) is 0 Å². The molecule has 1 aromatic carbocycles. The van der Waals surface area contributed by atoms with Gasteiger partial charge >= 0.3 is 0 Å². The maximum atomic E-state index is 12.2. The summed E-state index contributed by atoms with van der Waals surface area (Å²) < 4.78 is 0. The number of nitrogens with zero attached hydrogens (tertiary/aromatic N) is 1. The number of aromatic nitrogens is 1. The molecule has 0 saturated carbocycles. The molecule has 2 rings (SSSR count). The van der Waals surface area contributed by atoms with E-state index in [-0.39, 0.29) is 23.1 Å². The fraction of sp³-hybridized carbons (Fsp3) is 0.294. The summed E-state index contributed by atoms with van der Waals surface area (Å²) in [6, 6.07) is 13.3. The van der Waals surface area contributed by atoms with E-state index >= 15 is 0 Å². The van der Waals surface area contributed by atoms with E-state index in [4.69, 9.17) is 0 Å².